The van der Waals surface area contributed by atoms with Crippen LogP contribution in [0.15, 0.2) is 30.5 Å². The third kappa shape index (κ3) is 2.65. The van der Waals surface area contributed by atoms with E-state index in [1.807, 2.05) is 24.3 Å². The van der Waals surface area contributed by atoms with Crippen molar-refractivity contribution in [3.8, 4) is 0 Å². The first-order valence-electron chi connectivity index (χ1n) is 5.69. The molecule has 1 aromatic carbocycles. The van der Waals surface area contributed by atoms with Crippen molar-refractivity contribution >= 4 is 22.3 Å². The Morgan fingerprint density at radius 2 is 2.24 bits per heavy atom. The number of aromatic nitrogens is 1. The summed E-state index contributed by atoms with van der Waals surface area (Å²) in [5, 5.41) is 4.43. The molecule has 1 heterocycles. The van der Waals surface area contributed by atoms with Gasteiger partial charge in [0, 0.05) is 37.5 Å². The number of hydrogen-bond donors (Lipinski definition) is 2. The number of nitrogens with zero attached hydrogens (tertiary/aromatic N) is 1. The molecule has 0 saturated heterocycles. The average Bonchev–Trinajstić information content (AvgIpc) is 2.37. The zero-order chi connectivity index (χ0) is 12.1. The topological polar surface area (TPSA) is 60.2 Å². The molecule has 17 heavy (non-hydrogen) atoms. The van der Waals surface area contributed by atoms with Crippen LogP contribution in [0.1, 0.15) is 6.42 Å². The average molecular weight is 231 g/mol. The van der Waals surface area contributed by atoms with Gasteiger partial charge in [-0.25, -0.2) is 0 Å². The maximum Gasteiger partial charge on any atom is 0.0951 e. The molecule has 4 heteroatoms. The van der Waals surface area contributed by atoms with E-state index in [2.05, 4.69) is 10.3 Å². The first-order valence-corrected chi connectivity index (χ1v) is 5.69. The Morgan fingerprint density at radius 3 is 3.06 bits per heavy atom. The van der Waals surface area contributed by atoms with E-state index < -0.39 is 0 Å². The lowest BCUT2D eigenvalue weighted by atomic mass is 10.1. The molecule has 0 radical (unpaired) electrons. The molecule has 90 valence electrons. The Labute approximate surface area is 101 Å². The summed E-state index contributed by atoms with van der Waals surface area (Å²) in [5.41, 5.74) is 8.52. The highest BCUT2D eigenvalue weighted by atomic mass is 16.5. The second-order valence-electron chi connectivity index (χ2n) is 3.88. The van der Waals surface area contributed by atoms with Gasteiger partial charge in [0.1, 0.15) is 0 Å². The summed E-state index contributed by atoms with van der Waals surface area (Å²) in [6.45, 7) is 1.64. The molecule has 0 atom stereocenters. The van der Waals surface area contributed by atoms with Crippen LogP contribution in [0, 0.1) is 0 Å². The molecule has 0 amide bonds. The third-order valence-electron chi connectivity index (χ3n) is 2.64. The summed E-state index contributed by atoms with van der Waals surface area (Å²) in [4.78, 5) is 4.30. The van der Waals surface area contributed by atoms with Gasteiger partial charge in [-0.15, -0.1) is 0 Å². The van der Waals surface area contributed by atoms with Gasteiger partial charge in [0.25, 0.3) is 0 Å². The highest BCUT2D eigenvalue weighted by Crippen LogP contribution is 2.26. The molecule has 2 aromatic rings. The van der Waals surface area contributed by atoms with Crippen molar-refractivity contribution in [2.75, 3.05) is 31.3 Å². The molecular weight excluding hydrogens is 214 g/mol. The molecule has 3 N–H and O–H groups in total. The predicted molar refractivity (Wildman–Crippen MR) is 71.1 cm³/mol. The van der Waals surface area contributed by atoms with Crippen LogP contribution in [0.4, 0.5) is 11.4 Å². The van der Waals surface area contributed by atoms with Crippen molar-refractivity contribution in [1.82, 2.24) is 4.98 Å². The van der Waals surface area contributed by atoms with Gasteiger partial charge in [0.2, 0.25) is 0 Å². The highest BCUT2D eigenvalue weighted by Gasteiger charge is 2.03. The summed E-state index contributed by atoms with van der Waals surface area (Å²) >= 11 is 0. The molecule has 0 fully saturated rings. The minimum Gasteiger partial charge on any atom is -0.397 e. The van der Waals surface area contributed by atoms with Gasteiger partial charge in [-0.2, -0.15) is 0 Å². The van der Waals surface area contributed by atoms with Crippen molar-refractivity contribution in [3.05, 3.63) is 30.5 Å². The number of hydrogen-bond acceptors (Lipinski definition) is 4. The number of rotatable bonds is 5. The number of ether oxygens (including phenoxy) is 1. The van der Waals surface area contributed by atoms with Crippen LogP contribution < -0.4 is 11.1 Å². The Balaban J connectivity index is 2.20. The van der Waals surface area contributed by atoms with Gasteiger partial charge in [0.15, 0.2) is 0 Å². The summed E-state index contributed by atoms with van der Waals surface area (Å²) in [5.74, 6) is 0. The van der Waals surface area contributed by atoms with E-state index in [0.29, 0.717) is 5.69 Å². The molecule has 2 rings (SSSR count). The van der Waals surface area contributed by atoms with E-state index in [0.717, 1.165) is 36.2 Å². The van der Waals surface area contributed by atoms with Crippen LogP contribution in [-0.2, 0) is 4.74 Å². The molecule has 1 aromatic heterocycles. The molecular formula is C13H17N3O. The second-order valence-corrected chi connectivity index (χ2v) is 3.88. The van der Waals surface area contributed by atoms with E-state index in [4.69, 9.17) is 10.5 Å². The molecule has 0 spiro atoms. The number of benzene rings is 1. The number of nitrogens with two attached hydrogens (primary N) is 1. The second kappa shape index (κ2) is 5.50. The first-order chi connectivity index (χ1) is 8.33. The van der Waals surface area contributed by atoms with Crippen molar-refractivity contribution in [3.63, 3.8) is 0 Å². The smallest absolute Gasteiger partial charge is 0.0951 e. The van der Waals surface area contributed by atoms with Gasteiger partial charge in [-0.3, -0.25) is 4.98 Å². The largest absolute Gasteiger partial charge is 0.397 e. The van der Waals surface area contributed by atoms with Gasteiger partial charge >= 0.3 is 0 Å². The zero-order valence-corrected chi connectivity index (χ0v) is 9.94. The van der Waals surface area contributed by atoms with Crippen LogP contribution in [0.5, 0.6) is 0 Å². The van der Waals surface area contributed by atoms with Crippen LogP contribution >= 0.6 is 0 Å². The fourth-order valence-corrected chi connectivity index (χ4v) is 1.79. The van der Waals surface area contributed by atoms with E-state index in [-0.39, 0.29) is 0 Å². The first kappa shape index (κ1) is 11.7. The number of nitrogen functional groups attached to an aromatic ring is 1. The van der Waals surface area contributed by atoms with Crippen molar-refractivity contribution in [2.45, 2.75) is 6.42 Å². The van der Waals surface area contributed by atoms with Gasteiger partial charge in [0.05, 0.1) is 11.2 Å². The van der Waals surface area contributed by atoms with Crippen LogP contribution in [0.2, 0.25) is 0 Å². The molecule has 0 bridgehead atoms. The Kier molecular flexibility index (Phi) is 3.77. The summed E-state index contributed by atoms with van der Waals surface area (Å²) in [6, 6.07) is 7.82. The monoisotopic (exact) mass is 231 g/mol. The number of nitrogens with one attached hydrogen (secondary N) is 1. The van der Waals surface area contributed by atoms with Crippen molar-refractivity contribution in [1.29, 1.82) is 0 Å². The van der Waals surface area contributed by atoms with Crippen LogP contribution in [0.25, 0.3) is 10.9 Å². The van der Waals surface area contributed by atoms with E-state index >= 15 is 0 Å². The molecule has 0 aliphatic carbocycles. The molecule has 0 saturated carbocycles. The van der Waals surface area contributed by atoms with E-state index in [1.54, 1.807) is 13.3 Å². The Hall–Kier alpha value is -1.81. The quantitative estimate of drug-likeness (QED) is 0.612. The lowest BCUT2D eigenvalue weighted by Crippen LogP contribution is -2.05. The van der Waals surface area contributed by atoms with Crippen LogP contribution in [0.3, 0.4) is 0 Å². The molecule has 0 aliphatic heterocycles. The third-order valence-corrected chi connectivity index (χ3v) is 2.64. The molecule has 0 aliphatic rings. The standard InChI is InChI=1S/C13H17N3O/c1-17-9-3-8-15-12-6-5-11(14)13-10(12)4-2-7-16-13/h2,4-7,15H,3,8-9,14H2,1H3. The minimum atomic E-state index is 0.711. The Morgan fingerprint density at radius 1 is 1.35 bits per heavy atom. The summed E-state index contributed by atoms with van der Waals surface area (Å²) in [7, 11) is 1.71. The SMILES string of the molecule is COCCCNc1ccc(N)c2ncccc12. The number of methoxy groups -OCH3 is 1. The lowest BCUT2D eigenvalue weighted by Gasteiger charge is -2.10. The lowest BCUT2D eigenvalue weighted by molar-refractivity contribution is 0.198. The summed E-state index contributed by atoms with van der Waals surface area (Å²) in [6.07, 6.45) is 2.73. The zero-order valence-electron chi connectivity index (χ0n) is 9.94. The predicted octanol–water partition coefficient (Wildman–Crippen LogP) is 2.27. The summed E-state index contributed by atoms with van der Waals surface area (Å²) < 4.78 is 5.01. The fraction of sp³-hybridized carbons (Fsp3) is 0.308. The van der Waals surface area contributed by atoms with Crippen LogP contribution in [-0.4, -0.2) is 25.2 Å². The van der Waals surface area contributed by atoms with Crippen molar-refractivity contribution < 1.29 is 4.74 Å². The maximum atomic E-state index is 5.89. The number of fused-ring (bicyclic) bond motifs is 1. The highest BCUT2D eigenvalue weighted by molar-refractivity contribution is 5.98. The van der Waals surface area contributed by atoms with Gasteiger partial charge in [-0.1, -0.05) is 0 Å². The molecule has 4 nitrogen and oxygen atoms in total. The molecule has 0 unspecified atom stereocenters. The number of pyridine rings is 1. The van der Waals surface area contributed by atoms with Gasteiger partial charge in [-0.05, 0) is 30.7 Å². The van der Waals surface area contributed by atoms with E-state index in [1.165, 1.54) is 0 Å². The van der Waals surface area contributed by atoms with E-state index in [9.17, 15) is 0 Å². The fourth-order valence-electron chi connectivity index (χ4n) is 1.79. The van der Waals surface area contributed by atoms with Crippen molar-refractivity contribution in [2.24, 2.45) is 0 Å². The Bertz CT molecular complexity index is 499. The minimum absolute atomic E-state index is 0.711. The van der Waals surface area contributed by atoms with Gasteiger partial charge < -0.3 is 15.8 Å². The normalized spacial score (nSPS) is 10.6. The number of anilines is 2. The maximum absolute atomic E-state index is 5.89.